The lowest BCUT2D eigenvalue weighted by molar-refractivity contribution is 0.0890. The average molecular weight is 252 g/mol. The monoisotopic (exact) mass is 252 g/mol. The summed E-state index contributed by atoms with van der Waals surface area (Å²) in [7, 11) is -3.33. The van der Waals surface area contributed by atoms with E-state index in [-0.39, 0.29) is 6.10 Å². The molecule has 0 bridgehead atoms. The molecule has 0 heterocycles. The molecule has 98 valence electrons. The Labute approximate surface area is 99.3 Å². The van der Waals surface area contributed by atoms with Gasteiger partial charge in [0.15, 0.2) is 0 Å². The standard InChI is InChI=1S/C11H25O4P/c1-5-7-9-13-16(12,15-11(3)4)14-10-8-6-2/h11H,5-10H2,1-4H3. The van der Waals surface area contributed by atoms with E-state index in [1.54, 1.807) is 0 Å². The second-order valence-electron chi connectivity index (χ2n) is 3.97. The Kier molecular flexibility index (Phi) is 9.24. The summed E-state index contributed by atoms with van der Waals surface area (Å²) in [6.45, 7) is 8.59. The fourth-order valence-corrected chi connectivity index (χ4v) is 2.42. The van der Waals surface area contributed by atoms with E-state index in [1.165, 1.54) is 0 Å². The SMILES string of the molecule is CCCCOP(=O)(OCCCC)OC(C)C. The third-order valence-corrected chi connectivity index (χ3v) is 3.51. The second-order valence-corrected chi connectivity index (χ2v) is 5.60. The van der Waals surface area contributed by atoms with Gasteiger partial charge >= 0.3 is 7.82 Å². The Morgan fingerprint density at radius 2 is 1.44 bits per heavy atom. The summed E-state index contributed by atoms with van der Waals surface area (Å²) in [6, 6.07) is 0. The Morgan fingerprint density at radius 1 is 1.00 bits per heavy atom. The third kappa shape index (κ3) is 8.28. The fraction of sp³-hybridized carbons (Fsp3) is 1.00. The molecule has 16 heavy (non-hydrogen) atoms. The Hall–Kier alpha value is 0.110. The number of phosphoric ester groups is 1. The lowest BCUT2D eigenvalue weighted by Gasteiger charge is -2.19. The van der Waals surface area contributed by atoms with Crippen LogP contribution in [0.1, 0.15) is 53.4 Å². The van der Waals surface area contributed by atoms with Crippen LogP contribution in [0, 0.1) is 0 Å². The molecular weight excluding hydrogens is 227 g/mol. The molecule has 0 amide bonds. The van der Waals surface area contributed by atoms with Gasteiger partial charge in [0.2, 0.25) is 0 Å². The van der Waals surface area contributed by atoms with E-state index in [0.717, 1.165) is 25.7 Å². The van der Waals surface area contributed by atoms with Crippen LogP contribution in [-0.2, 0) is 18.1 Å². The number of hydrogen-bond acceptors (Lipinski definition) is 4. The first-order valence-electron chi connectivity index (χ1n) is 6.11. The Balaban J connectivity index is 4.08. The van der Waals surface area contributed by atoms with Crippen molar-refractivity contribution in [2.75, 3.05) is 13.2 Å². The lowest BCUT2D eigenvalue weighted by atomic mass is 10.4. The summed E-state index contributed by atoms with van der Waals surface area (Å²) >= 11 is 0. The molecule has 0 aliphatic heterocycles. The number of unbranched alkanes of at least 4 members (excludes halogenated alkanes) is 2. The zero-order valence-corrected chi connectivity index (χ0v) is 11.8. The molecule has 0 N–H and O–H groups in total. The normalized spacial score (nSPS) is 12.3. The highest BCUT2D eigenvalue weighted by Gasteiger charge is 2.27. The van der Waals surface area contributed by atoms with E-state index in [4.69, 9.17) is 13.6 Å². The van der Waals surface area contributed by atoms with E-state index >= 15 is 0 Å². The number of phosphoric acid groups is 1. The van der Waals surface area contributed by atoms with Gasteiger partial charge in [0.1, 0.15) is 0 Å². The molecule has 0 aromatic heterocycles. The second kappa shape index (κ2) is 9.17. The number of rotatable bonds is 10. The van der Waals surface area contributed by atoms with Crippen molar-refractivity contribution in [3.05, 3.63) is 0 Å². The topological polar surface area (TPSA) is 44.8 Å². The van der Waals surface area contributed by atoms with Crippen LogP contribution in [-0.4, -0.2) is 19.3 Å². The van der Waals surface area contributed by atoms with Gasteiger partial charge in [-0.1, -0.05) is 26.7 Å². The van der Waals surface area contributed by atoms with Crippen molar-refractivity contribution in [1.29, 1.82) is 0 Å². The van der Waals surface area contributed by atoms with Gasteiger partial charge in [0.25, 0.3) is 0 Å². The van der Waals surface area contributed by atoms with E-state index in [9.17, 15) is 4.57 Å². The molecule has 0 saturated carbocycles. The summed E-state index contributed by atoms with van der Waals surface area (Å²) in [5, 5.41) is 0. The highest BCUT2D eigenvalue weighted by atomic mass is 31.2. The first kappa shape index (κ1) is 16.1. The first-order chi connectivity index (χ1) is 7.54. The van der Waals surface area contributed by atoms with Gasteiger partial charge in [-0.3, -0.25) is 13.6 Å². The molecule has 0 spiro atoms. The van der Waals surface area contributed by atoms with Crippen molar-refractivity contribution in [2.45, 2.75) is 59.5 Å². The highest BCUT2D eigenvalue weighted by molar-refractivity contribution is 7.48. The maximum Gasteiger partial charge on any atom is 0.475 e. The fourth-order valence-electron chi connectivity index (χ4n) is 0.998. The zero-order chi connectivity index (χ0) is 12.4. The first-order valence-corrected chi connectivity index (χ1v) is 7.57. The molecule has 4 nitrogen and oxygen atoms in total. The van der Waals surface area contributed by atoms with Gasteiger partial charge in [0.05, 0.1) is 19.3 Å². The van der Waals surface area contributed by atoms with Crippen molar-refractivity contribution in [2.24, 2.45) is 0 Å². The third-order valence-electron chi connectivity index (χ3n) is 1.83. The Bertz CT molecular complexity index is 192. The van der Waals surface area contributed by atoms with Gasteiger partial charge in [-0.2, -0.15) is 0 Å². The molecule has 5 heteroatoms. The molecule has 0 aliphatic rings. The summed E-state index contributed by atoms with van der Waals surface area (Å²) in [5.74, 6) is 0. The molecular formula is C11H25O4P. The van der Waals surface area contributed by atoms with Gasteiger partial charge in [-0.15, -0.1) is 0 Å². The van der Waals surface area contributed by atoms with Gasteiger partial charge in [-0.05, 0) is 26.7 Å². The van der Waals surface area contributed by atoms with Gasteiger partial charge in [-0.25, -0.2) is 4.57 Å². The predicted octanol–water partition coefficient (Wildman–Crippen LogP) is 4.15. The molecule has 0 aliphatic carbocycles. The predicted molar refractivity (Wildman–Crippen MR) is 65.5 cm³/mol. The molecule has 0 aromatic carbocycles. The molecule has 0 saturated heterocycles. The Morgan fingerprint density at radius 3 is 1.75 bits per heavy atom. The minimum absolute atomic E-state index is 0.158. The molecule has 0 fully saturated rings. The summed E-state index contributed by atoms with van der Waals surface area (Å²) in [4.78, 5) is 0. The quantitative estimate of drug-likeness (QED) is 0.432. The zero-order valence-electron chi connectivity index (χ0n) is 10.9. The van der Waals surface area contributed by atoms with Crippen LogP contribution in [0.25, 0.3) is 0 Å². The largest absolute Gasteiger partial charge is 0.475 e. The summed E-state index contributed by atoms with van der Waals surface area (Å²) < 4.78 is 27.8. The summed E-state index contributed by atoms with van der Waals surface area (Å²) in [6.07, 6.45) is 3.56. The van der Waals surface area contributed by atoms with Crippen molar-refractivity contribution in [3.8, 4) is 0 Å². The van der Waals surface area contributed by atoms with Crippen molar-refractivity contribution in [3.63, 3.8) is 0 Å². The van der Waals surface area contributed by atoms with Gasteiger partial charge < -0.3 is 0 Å². The van der Waals surface area contributed by atoms with Crippen molar-refractivity contribution < 1.29 is 18.1 Å². The minimum Gasteiger partial charge on any atom is -0.287 e. The van der Waals surface area contributed by atoms with Crippen LogP contribution in [0.2, 0.25) is 0 Å². The van der Waals surface area contributed by atoms with Crippen LogP contribution in [0.3, 0.4) is 0 Å². The van der Waals surface area contributed by atoms with E-state index < -0.39 is 7.82 Å². The van der Waals surface area contributed by atoms with Crippen LogP contribution >= 0.6 is 7.82 Å². The molecule has 0 unspecified atom stereocenters. The molecule has 0 atom stereocenters. The highest BCUT2D eigenvalue weighted by Crippen LogP contribution is 2.50. The minimum atomic E-state index is -3.33. The van der Waals surface area contributed by atoms with E-state index in [2.05, 4.69) is 13.8 Å². The van der Waals surface area contributed by atoms with Crippen LogP contribution in [0.15, 0.2) is 0 Å². The average Bonchev–Trinajstić information content (AvgIpc) is 2.17. The van der Waals surface area contributed by atoms with E-state index in [0.29, 0.717) is 13.2 Å². The number of hydrogen-bond donors (Lipinski definition) is 0. The van der Waals surface area contributed by atoms with Crippen molar-refractivity contribution >= 4 is 7.82 Å². The van der Waals surface area contributed by atoms with Crippen molar-refractivity contribution in [1.82, 2.24) is 0 Å². The maximum atomic E-state index is 12.1. The van der Waals surface area contributed by atoms with Gasteiger partial charge in [0, 0.05) is 0 Å². The van der Waals surface area contributed by atoms with Crippen LogP contribution < -0.4 is 0 Å². The molecule has 0 radical (unpaired) electrons. The summed E-state index contributed by atoms with van der Waals surface area (Å²) in [5.41, 5.74) is 0. The smallest absolute Gasteiger partial charge is 0.287 e. The van der Waals surface area contributed by atoms with Crippen LogP contribution in [0.5, 0.6) is 0 Å². The van der Waals surface area contributed by atoms with Crippen LogP contribution in [0.4, 0.5) is 0 Å². The molecule has 0 aromatic rings. The lowest BCUT2D eigenvalue weighted by Crippen LogP contribution is -2.07. The molecule has 0 rings (SSSR count). The maximum absolute atomic E-state index is 12.1. The van der Waals surface area contributed by atoms with E-state index in [1.807, 2.05) is 13.8 Å².